The number of allylic oxidation sites excluding steroid dienone is 1. The molecule has 0 aromatic carbocycles. The van der Waals surface area contributed by atoms with Crippen molar-refractivity contribution in [3.05, 3.63) is 19.6 Å². The zero-order valence-corrected chi connectivity index (χ0v) is 11.2. The van der Waals surface area contributed by atoms with E-state index in [-0.39, 0.29) is 9.76 Å². The zero-order chi connectivity index (χ0) is 11.1. The van der Waals surface area contributed by atoms with Gasteiger partial charge in [-0.05, 0) is 13.8 Å². The third-order valence-electron chi connectivity index (χ3n) is 0.846. The third kappa shape index (κ3) is 46.8. The summed E-state index contributed by atoms with van der Waals surface area (Å²) in [6.07, 6.45) is 3.98. The Balaban J connectivity index is -0.000000169. The summed E-state index contributed by atoms with van der Waals surface area (Å²) >= 11 is 2.31. The van der Waals surface area contributed by atoms with E-state index in [1.165, 1.54) is 6.04 Å². The van der Waals surface area contributed by atoms with Gasteiger partial charge in [-0.1, -0.05) is 6.04 Å². The van der Waals surface area contributed by atoms with Crippen LogP contribution >= 0.6 is 0 Å². The van der Waals surface area contributed by atoms with Crippen LogP contribution in [0.1, 0.15) is 27.2 Å². The molecule has 0 amide bonds. The summed E-state index contributed by atoms with van der Waals surface area (Å²) in [5.41, 5.74) is 0. The van der Waals surface area contributed by atoms with Crippen molar-refractivity contribution in [2.45, 2.75) is 39.3 Å². The molecule has 0 aliphatic carbocycles. The molecule has 0 aromatic rings. The molecule has 0 aromatic heterocycles. The molecule has 0 radical (unpaired) electrons. The van der Waals surface area contributed by atoms with Crippen LogP contribution < -0.4 is 0 Å². The standard InChI is InChI=1S/C6H15OSi.C3H5.Co.O/c1-4-5-8-7-6(2)3;1-3-2;;/h6H,1,4-5,8H2,2-3H3;1H2,2H3;;/q2*-1;;. The minimum absolute atomic E-state index is 0.199. The third-order valence-corrected chi connectivity index (χ3v) is 2.54. The molecule has 0 aliphatic rings. The van der Waals surface area contributed by atoms with Gasteiger partial charge in [-0.3, -0.25) is 6.58 Å². The molecule has 13 heavy (non-hydrogen) atoms. The normalized spacial score (nSPS) is 8.77. The predicted molar refractivity (Wildman–Crippen MR) is 54.8 cm³/mol. The first-order chi connectivity index (χ1) is 6.18. The SMILES string of the molecule is C=[C-]C.[CH2-]CC[SiH2]OC(C)C.[O]=[Co]. The van der Waals surface area contributed by atoms with Crippen molar-refractivity contribution in [3.63, 3.8) is 0 Å². The van der Waals surface area contributed by atoms with Gasteiger partial charge in [0.15, 0.2) is 9.76 Å². The van der Waals surface area contributed by atoms with Crippen LogP contribution in [0.5, 0.6) is 0 Å². The Kier molecular flexibility index (Phi) is 33.1. The minimum atomic E-state index is -0.199. The van der Waals surface area contributed by atoms with Crippen LogP contribution in [0.3, 0.4) is 0 Å². The van der Waals surface area contributed by atoms with Gasteiger partial charge in [0, 0.05) is 6.10 Å². The van der Waals surface area contributed by atoms with E-state index in [1.54, 1.807) is 6.92 Å². The van der Waals surface area contributed by atoms with Crippen molar-refractivity contribution in [3.8, 4) is 0 Å². The predicted octanol–water partition coefficient (Wildman–Crippen LogP) is 2.01. The van der Waals surface area contributed by atoms with E-state index in [0.717, 1.165) is 6.42 Å². The van der Waals surface area contributed by atoms with Crippen LogP contribution in [-0.4, -0.2) is 15.9 Å². The average molecular weight is 247 g/mol. The van der Waals surface area contributed by atoms with Gasteiger partial charge in [0.1, 0.15) is 0 Å². The van der Waals surface area contributed by atoms with E-state index in [0.29, 0.717) is 6.10 Å². The molecule has 0 heterocycles. The molecule has 0 rings (SSSR count). The van der Waals surface area contributed by atoms with Gasteiger partial charge < -0.3 is 17.4 Å². The molecule has 0 bridgehead atoms. The van der Waals surface area contributed by atoms with E-state index < -0.39 is 0 Å². The van der Waals surface area contributed by atoms with Crippen molar-refractivity contribution < 1.29 is 24.0 Å². The van der Waals surface area contributed by atoms with Gasteiger partial charge in [-0.15, -0.1) is 0 Å². The van der Waals surface area contributed by atoms with E-state index in [4.69, 9.17) is 8.29 Å². The van der Waals surface area contributed by atoms with Crippen LogP contribution in [0.15, 0.2) is 6.58 Å². The molecular formula is C9H20CoO2Si-2. The van der Waals surface area contributed by atoms with Crippen LogP contribution in [0.4, 0.5) is 0 Å². The van der Waals surface area contributed by atoms with Gasteiger partial charge in [0.25, 0.3) is 0 Å². The van der Waals surface area contributed by atoms with E-state index in [2.05, 4.69) is 49.1 Å². The molecule has 0 fully saturated rings. The van der Waals surface area contributed by atoms with Crippen LogP contribution in [0.2, 0.25) is 6.04 Å². The van der Waals surface area contributed by atoms with Crippen LogP contribution in [0.25, 0.3) is 0 Å². The molecule has 0 saturated heterocycles. The monoisotopic (exact) mass is 247 g/mol. The molecule has 0 atom stereocenters. The fourth-order valence-corrected chi connectivity index (χ4v) is 1.26. The van der Waals surface area contributed by atoms with E-state index in [9.17, 15) is 0 Å². The molecule has 0 saturated carbocycles. The van der Waals surface area contributed by atoms with Gasteiger partial charge in [0.05, 0.1) is 0 Å². The number of hydrogen-bond acceptors (Lipinski definition) is 2. The van der Waals surface area contributed by atoms with Crippen molar-refractivity contribution in [1.82, 2.24) is 0 Å². The first kappa shape index (κ1) is 18.9. The first-order valence-corrected chi connectivity index (χ1v) is 6.17. The summed E-state index contributed by atoms with van der Waals surface area (Å²) in [5, 5.41) is 0. The summed E-state index contributed by atoms with van der Waals surface area (Å²) in [5.74, 6) is 0. The Morgan fingerprint density at radius 2 is 2.00 bits per heavy atom. The Bertz CT molecular complexity index is 89.7. The van der Waals surface area contributed by atoms with Gasteiger partial charge in [-0.25, -0.2) is 0 Å². The Morgan fingerprint density at radius 3 is 2.23 bits per heavy atom. The van der Waals surface area contributed by atoms with Crippen molar-refractivity contribution in [2.24, 2.45) is 0 Å². The maximum absolute atomic E-state index is 7.94. The van der Waals surface area contributed by atoms with E-state index in [1.807, 2.05) is 0 Å². The average Bonchev–Trinajstić information content (AvgIpc) is 2.09. The molecule has 0 aliphatic heterocycles. The van der Waals surface area contributed by atoms with Crippen LogP contribution in [-0.2, 0) is 24.0 Å². The Labute approximate surface area is 92.9 Å². The maximum atomic E-state index is 7.94. The second-order valence-corrected chi connectivity index (χ2v) is 3.93. The number of hydrogen-bond donors (Lipinski definition) is 0. The summed E-state index contributed by atoms with van der Waals surface area (Å²) in [4.78, 5) is 0. The Hall–Kier alpha value is 0.223. The molecule has 83 valence electrons. The molecule has 0 unspecified atom stereocenters. The quantitative estimate of drug-likeness (QED) is 0.431. The summed E-state index contributed by atoms with van der Waals surface area (Å²) in [6.45, 7) is 12.9. The van der Waals surface area contributed by atoms with Gasteiger partial charge in [0.2, 0.25) is 0 Å². The fraction of sp³-hybridized carbons (Fsp3) is 0.667. The van der Waals surface area contributed by atoms with Crippen molar-refractivity contribution >= 4 is 9.76 Å². The molecular weight excluding hydrogens is 227 g/mol. The second kappa shape index (κ2) is 22.8. The number of rotatable bonds is 4. The van der Waals surface area contributed by atoms with E-state index >= 15 is 0 Å². The molecule has 0 N–H and O–H groups in total. The van der Waals surface area contributed by atoms with Crippen LogP contribution in [0, 0.1) is 13.0 Å². The second-order valence-electron chi connectivity index (χ2n) is 2.48. The molecule has 2 nitrogen and oxygen atoms in total. The fourth-order valence-electron chi connectivity index (χ4n) is 0.421. The van der Waals surface area contributed by atoms with Crippen molar-refractivity contribution in [1.29, 1.82) is 0 Å². The van der Waals surface area contributed by atoms with Gasteiger partial charge in [-0.2, -0.15) is 13.3 Å². The molecule has 4 heteroatoms. The topological polar surface area (TPSA) is 26.3 Å². The van der Waals surface area contributed by atoms with Gasteiger partial charge >= 0.3 is 19.5 Å². The summed E-state index contributed by atoms with van der Waals surface area (Å²) < 4.78 is 13.3. The Morgan fingerprint density at radius 1 is 1.62 bits per heavy atom. The summed E-state index contributed by atoms with van der Waals surface area (Å²) in [7, 11) is -0.199. The molecule has 0 spiro atoms. The summed E-state index contributed by atoms with van der Waals surface area (Å²) in [6, 6.07) is 1.22. The zero-order valence-electron chi connectivity index (χ0n) is 8.76. The first-order valence-electron chi connectivity index (χ1n) is 4.17. The van der Waals surface area contributed by atoms with Crippen molar-refractivity contribution in [2.75, 3.05) is 0 Å².